The summed E-state index contributed by atoms with van der Waals surface area (Å²) in [5.74, 6) is 6.89. The van der Waals surface area contributed by atoms with Crippen molar-refractivity contribution in [2.24, 2.45) is 5.90 Å². The Labute approximate surface area is 289 Å². The number of amides is 4. The second-order valence-electron chi connectivity index (χ2n) is 11.9. The number of unbranched alkanes of at least 4 members (excludes halogenated alkanes) is 13. The Bertz CT molecular complexity index is 926. The van der Waals surface area contributed by atoms with Gasteiger partial charge < -0.3 is 19.6 Å². The van der Waals surface area contributed by atoms with Gasteiger partial charge in [0.15, 0.2) is 0 Å². The summed E-state index contributed by atoms with van der Waals surface area (Å²) in [6, 6.07) is -0.520. The third kappa shape index (κ3) is 17.9. The smallest absolute Gasteiger partial charge is 0.377 e. The highest BCUT2D eigenvalue weighted by Crippen LogP contribution is 2.37. The van der Waals surface area contributed by atoms with E-state index >= 15 is 0 Å². The fourth-order valence-electron chi connectivity index (χ4n) is 5.50. The van der Waals surface area contributed by atoms with Gasteiger partial charge in [0.05, 0.1) is 35.5 Å². The largest absolute Gasteiger partial charge is 0.503 e. The van der Waals surface area contributed by atoms with Crippen LogP contribution in [0.25, 0.3) is 0 Å². The number of nitrogens with two attached hydrogens (primary N) is 1. The number of nitrogens with one attached hydrogen (secondary N) is 2. The molecular weight excluding hydrogens is 645 g/mol. The van der Waals surface area contributed by atoms with E-state index in [1.165, 1.54) is 107 Å². The molecule has 13 heteroatoms. The molecule has 1 saturated heterocycles. The average Bonchev–Trinajstić information content (AvgIpc) is 3.37. The third-order valence-electron chi connectivity index (χ3n) is 8.07. The summed E-state index contributed by atoms with van der Waals surface area (Å²) in [7, 11) is 5.27. The normalized spacial score (nSPS) is 22.1. The van der Waals surface area contributed by atoms with Crippen LogP contribution in [0.5, 0.6) is 0 Å². The van der Waals surface area contributed by atoms with Gasteiger partial charge in [-0.15, -0.1) is 11.8 Å². The zero-order valence-corrected chi connectivity index (χ0v) is 30.5. The van der Waals surface area contributed by atoms with Crippen molar-refractivity contribution in [2.75, 3.05) is 38.4 Å². The second-order valence-corrected chi connectivity index (χ2v) is 16.0. The number of carbonyl (C=O) groups is 3. The summed E-state index contributed by atoms with van der Waals surface area (Å²) < 4.78 is 13.2. The first kappa shape index (κ1) is 41.1. The first-order valence-electron chi connectivity index (χ1n) is 17.3. The Morgan fingerprint density at radius 3 is 2.20 bits per heavy atom. The molecule has 2 aliphatic heterocycles. The minimum atomic E-state index is -0.520. The fourth-order valence-corrected chi connectivity index (χ4v) is 9.21. The van der Waals surface area contributed by atoms with Gasteiger partial charge in [-0.05, 0) is 12.8 Å². The van der Waals surface area contributed by atoms with Crippen LogP contribution >= 0.6 is 33.3 Å². The number of methoxy groups -OCH3 is 1. The molecule has 0 bridgehead atoms. The van der Waals surface area contributed by atoms with E-state index < -0.39 is 11.9 Å². The average molecular weight is 704 g/mol. The Morgan fingerprint density at radius 2 is 1.59 bits per heavy atom. The summed E-state index contributed by atoms with van der Waals surface area (Å²) >= 11 is 1.54. The van der Waals surface area contributed by atoms with Crippen LogP contribution in [0.1, 0.15) is 110 Å². The van der Waals surface area contributed by atoms with Crippen LogP contribution in [-0.4, -0.2) is 89.7 Å². The van der Waals surface area contributed by atoms with Gasteiger partial charge >= 0.3 is 11.9 Å². The molecule has 4 atom stereocenters. The van der Waals surface area contributed by atoms with Crippen molar-refractivity contribution >= 4 is 57.4 Å². The van der Waals surface area contributed by atoms with E-state index in [9.17, 15) is 14.4 Å². The van der Waals surface area contributed by atoms with E-state index in [4.69, 9.17) is 20.2 Å². The molecule has 2 aliphatic rings. The van der Waals surface area contributed by atoms with E-state index in [0.29, 0.717) is 26.0 Å². The predicted octanol–water partition coefficient (Wildman–Crippen LogP) is 6.37. The van der Waals surface area contributed by atoms with Gasteiger partial charge in [0.1, 0.15) is 12.3 Å². The Hall–Kier alpha value is -1.09. The third-order valence-corrected chi connectivity index (χ3v) is 12.0. The zero-order chi connectivity index (χ0) is 33.2. The van der Waals surface area contributed by atoms with Crippen molar-refractivity contribution in [2.45, 2.75) is 132 Å². The molecule has 0 spiro atoms. The maximum absolute atomic E-state index is 12.3. The minimum absolute atomic E-state index is 0.0552. The van der Waals surface area contributed by atoms with Gasteiger partial charge in [-0.3, -0.25) is 4.79 Å². The molecule has 0 saturated carbocycles. The Morgan fingerprint density at radius 1 is 0.957 bits per heavy atom. The second kappa shape index (κ2) is 26.8. The lowest BCUT2D eigenvalue weighted by molar-refractivity contribution is -0.348. The number of hydrogen-bond donors (Lipinski definition) is 3. The van der Waals surface area contributed by atoms with Crippen LogP contribution in [-0.2, 0) is 23.9 Å². The Kier molecular flexibility index (Phi) is 23.9. The summed E-state index contributed by atoms with van der Waals surface area (Å²) in [5, 5.41) is 4.91. The SMILES string of the molecule is CCCCCCCCCCCCCCCCSSCCC(=O)NCCCO[C@H]1C(/C=[N+]2\C=CC(=O)NC2=O)S[C@H](CON)[C@H]1OC. The fraction of sp³-hybridized carbons (Fsp3) is 0.818. The van der Waals surface area contributed by atoms with Crippen molar-refractivity contribution in [3.05, 3.63) is 12.3 Å². The predicted molar refractivity (Wildman–Crippen MR) is 192 cm³/mol. The van der Waals surface area contributed by atoms with E-state index in [2.05, 4.69) is 17.6 Å². The molecule has 264 valence electrons. The summed E-state index contributed by atoms with van der Waals surface area (Å²) in [6.45, 7) is 3.48. The molecule has 1 fully saturated rings. The molecule has 0 radical (unpaired) electrons. The number of hydrogen-bond acceptors (Lipinski definition) is 10. The lowest BCUT2D eigenvalue weighted by Crippen LogP contribution is -2.43. The summed E-state index contributed by atoms with van der Waals surface area (Å²) in [5.41, 5.74) is 0. The van der Waals surface area contributed by atoms with Gasteiger partial charge in [-0.25, -0.2) is 10.7 Å². The molecule has 4 N–H and O–H groups in total. The molecule has 4 amide bonds. The van der Waals surface area contributed by atoms with Crippen molar-refractivity contribution in [3.63, 3.8) is 0 Å². The highest BCUT2D eigenvalue weighted by atomic mass is 33.1. The van der Waals surface area contributed by atoms with Crippen LogP contribution in [0.3, 0.4) is 0 Å². The number of imide groups is 1. The highest BCUT2D eigenvalue weighted by Gasteiger charge is 2.46. The van der Waals surface area contributed by atoms with Crippen LogP contribution in [0.2, 0.25) is 0 Å². The summed E-state index contributed by atoms with van der Waals surface area (Å²) in [4.78, 5) is 40.8. The zero-order valence-electron chi connectivity index (χ0n) is 28.1. The van der Waals surface area contributed by atoms with Crippen molar-refractivity contribution in [3.8, 4) is 0 Å². The molecular formula is C33H59N4O6S3+. The number of carbonyl (C=O) groups excluding carboxylic acids is 3. The van der Waals surface area contributed by atoms with Gasteiger partial charge in [0.2, 0.25) is 5.91 Å². The molecule has 0 aliphatic carbocycles. The van der Waals surface area contributed by atoms with Crippen LogP contribution in [0.4, 0.5) is 4.79 Å². The number of thioether (sulfide) groups is 1. The lowest BCUT2D eigenvalue weighted by atomic mass is 10.0. The maximum atomic E-state index is 12.3. The standard InChI is InChI=1S/C33H58N4O6S3/c1-3-4-5-6-7-8-9-10-11-12-13-14-15-16-23-44-45-24-19-29(38)35-20-17-22-42-32-27(46-28(26-43-34)31(32)41-2)25-37-21-18-30(39)36-33(37)40/h18,21,25,27-28,31-32H,3-17,19-20,22-24,26,34H2,1-2H3,(H-,35,36,38,39,40)/p+1/b37-25+/t27?,28-,31-,32+/m1/s1. The monoisotopic (exact) mass is 703 g/mol. The molecule has 2 rings (SSSR count). The lowest BCUT2D eigenvalue weighted by Gasteiger charge is -2.23. The maximum Gasteiger partial charge on any atom is 0.503 e. The molecule has 2 heterocycles. The molecule has 0 aromatic carbocycles. The first-order chi connectivity index (χ1) is 22.5. The first-order valence-corrected chi connectivity index (χ1v) is 20.7. The van der Waals surface area contributed by atoms with E-state index in [1.807, 2.05) is 10.8 Å². The van der Waals surface area contributed by atoms with Gasteiger partial charge in [-0.2, -0.15) is 14.7 Å². The number of nitrogens with zero attached hydrogens (tertiary/aromatic N) is 1. The van der Waals surface area contributed by atoms with Crippen LogP contribution in [0, 0.1) is 0 Å². The molecule has 0 aromatic rings. The van der Waals surface area contributed by atoms with E-state index in [1.54, 1.807) is 35.9 Å². The molecule has 46 heavy (non-hydrogen) atoms. The summed E-state index contributed by atoms with van der Waals surface area (Å²) in [6.07, 6.45) is 24.2. The number of rotatable bonds is 28. The molecule has 10 nitrogen and oxygen atoms in total. The highest BCUT2D eigenvalue weighted by molar-refractivity contribution is 8.76. The Balaban J connectivity index is 1.48. The van der Waals surface area contributed by atoms with Gasteiger partial charge in [0.25, 0.3) is 0 Å². The van der Waals surface area contributed by atoms with Crippen molar-refractivity contribution in [1.82, 2.24) is 10.6 Å². The minimum Gasteiger partial charge on any atom is -0.377 e. The van der Waals surface area contributed by atoms with Crippen molar-refractivity contribution in [1.29, 1.82) is 0 Å². The number of urea groups is 1. The van der Waals surface area contributed by atoms with Crippen molar-refractivity contribution < 1.29 is 33.3 Å². The topological polar surface area (TPSA) is 132 Å². The van der Waals surface area contributed by atoms with Gasteiger partial charge in [0, 0.05) is 38.2 Å². The van der Waals surface area contributed by atoms with E-state index in [-0.39, 0.29) is 35.2 Å². The van der Waals surface area contributed by atoms with Gasteiger partial charge in [-0.1, -0.05) is 112 Å². The molecule has 0 aromatic heterocycles. The van der Waals surface area contributed by atoms with E-state index in [0.717, 1.165) is 11.5 Å². The number of ether oxygens (including phenoxy) is 2. The quantitative estimate of drug-likeness (QED) is 0.0366. The van der Waals surface area contributed by atoms with Crippen LogP contribution < -0.4 is 16.5 Å². The van der Waals surface area contributed by atoms with Crippen LogP contribution in [0.15, 0.2) is 12.3 Å². The molecule has 1 unspecified atom stereocenters.